The highest BCUT2D eigenvalue weighted by Gasteiger charge is 2.58. The minimum atomic E-state index is -0.253. The molecule has 8 heteroatoms. The van der Waals surface area contributed by atoms with E-state index in [2.05, 4.69) is 98.8 Å². The fourth-order valence-electron chi connectivity index (χ4n) is 15.7. The third-order valence-electron chi connectivity index (χ3n) is 20.1. The van der Waals surface area contributed by atoms with Crippen molar-refractivity contribution < 1.29 is 24.9 Å². The molecule has 10 rings (SSSR count). The van der Waals surface area contributed by atoms with E-state index < -0.39 is 0 Å². The van der Waals surface area contributed by atoms with Crippen molar-refractivity contribution in [3.05, 3.63) is 91.4 Å². The summed E-state index contributed by atoms with van der Waals surface area (Å²) in [4.78, 5) is 18.5. The third kappa shape index (κ3) is 10.1. The fourth-order valence-corrected chi connectivity index (χ4v) is 15.7. The maximum absolute atomic E-state index is 11.4. The Hall–Kier alpha value is -3.72. The van der Waals surface area contributed by atoms with Gasteiger partial charge in [0, 0.05) is 38.4 Å². The molecule has 0 saturated heterocycles. The molecule has 0 unspecified atom stereocenters. The summed E-state index contributed by atoms with van der Waals surface area (Å²) in [7, 11) is 0. The zero-order valence-corrected chi connectivity index (χ0v) is 41.3. The number of ether oxygens (including phenoxy) is 1. The monoisotopic (exact) mass is 934 g/mol. The average Bonchev–Trinajstić information content (AvgIpc) is 4.10. The number of aromatic nitrogens is 3. The number of imidazole rings is 1. The van der Waals surface area contributed by atoms with Crippen molar-refractivity contribution in [3.8, 4) is 0 Å². The molecule has 0 bridgehead atoms. The highest BCUT2D eigenvalue weighted by atomic mass is 16.5. The lowest BCUT2D eigenvalue weighted by Crippen LogP contribution is -2.52. The van der Waals surface area contributed by atoms with Crippen molar-refractivity contribution >= 4 is 27.9 Å². The van der Waals surface area contributed by atoms with Gasteiger partial charge in [-0.2, -0.15) is 0 Å². The van der Waals surface area contributed by atoms with Crippen LogP contribution in [0.5, 0.6) is 0 Å². The van der Waals surface area contributed by atoms with E-state index in [9.17, 15) is 20.1 Å². The molecule has 8 nitrogen and oxygen atoms in total. The Labute approximate surface area is 410 Å². The summed E-state index contributed by atoms with van der Waals surface area (Å²) in [6, 6.07) is 18.9. The smallest absolute Gasteiger partial charge is 0.302 e. The second-order valence-electron chi connectivity index (χ2n) is 23.3. The van der Waals surface area contributed by atoms with Crippen LogP contribution in [0.1, 0.15) is 146 Å². The van der Waals surface area contributed by atoms with E-state index >= 15 is 0 Å². The van der Waals surface area contributed by atoms with Crippen LogP contribution in [0.2, 0.25) is 0 Å². The van der Waals surface area contributed by atoms with Gasteiger partial charge in [0.1, 0.15) is 0 Å². The molecule has 376 valence electrons. The van der Waals surface area contributed by atoms with Gasteiger partial charge in [-0.3, -0.25) is 4.79 Å². The van der Waals surface area contributed by atoms with E-state index in [4.69, 9.17) is 4.74 Å². The lowest BCUT2D eigenvalue weighted by molar-refractivity contribution is -0.148. The van der Waals surface area contributed by atoms with Crippen molar-refractivity contribution in [1.82, 2.24) is 14.5 Å². The first-order valence-electron chi connectivity index (χ1n) is 25.9. The number of benzene rings is 2. The van der Waals surface area contributed by atoms with E-state index in [1.807, 2.05) is 24.3 Å². The Bertz CT molecular complexity index is 2280. The summed E-state index contributed by atoms with van der Waals surface area (Å²) in [6.45, 7) is 24.5. The van der Waals surface area contributed by atoms with Crippen LogP contribution >= 0.6 is 0 Å². The van der Waals surface area contributed by atoms with Gasteiger partial charge < -0.3 is 29.6 Å². The third-order valence-corrected chi connectivity index (χ3v) is 20.1. The molecule has 2 aromatic carbocycles. The zero-order chi connectivity index (χ0) is 47.0. The predicted molar refractivity (Wildman–Crippen MR) is 281 cm³/mol. The zero-order valence-electron chi connectivity index (χ0n) is 41.3. The normalized spacial score (nSPS) is 37.6. The number of nitrogens with zero attached hydrogens (tertiary/aromatic N) is 2. The van der Waals surface area contributed by atoms with E-state index in [-0.39, 0.29) is 67.7 Å². The van der Waals surface area contributed by atoms with Gasteiger partial charge in [-0.15, -0.1) is 0 Å². The summed E-state index contributed by atoms with van der Waals surface area (Å²) in [5.74, 6) is 4.35. The standard InChI is InChI=1S/C28H39NO2.C23H38O3.C7H6N2.2CH4/c1-19-8-9-24-23(17-29-15-12-20-6-4-5-7-26(20)29)25(11-14-27(19,24)2)28(3)13-10-22(31)16-21(28)18-30;1-15-8-10-23(5,18(12-15)14-26-17(3)25)21-9-11-22(4)16(2)6-7-20(22)19(21)13-24;1-2-4-7-6(3-1)8-5-9-7;;/h4-7,12,15,21-25,30-31H,1,8-11,13-14,16-18H2,2-3H3;15,18-21,24H,2,6-14H2,1,3-5H3;1-5H,(H,8,9);2*1H4/t21-,22+,23+,24+,25+,27-,28+;15-,18+,19-,20-,21-,22+,23-;;;/m10.../s1. The Balaban J connectivity index is 0.000000186. The highest BCUT2D eigenvalue weighted by molar-refractivity contribution is 5.80. The summed E-state index contributed by atoms with van der Waals surface area (Å²) in [6.07, 6.45) is 19.4. The number of hydrogen-bond donors (Lipinski definition) is 4. The first-order chi connectivity index (χ1) is 31.5. The number of aliphatic hydroxyl groups excluding tert-OH is 3. The number of esters is 1. The van der Waals surface area contributed by atoms with Crippen LogP contribution in [0.15, 0.2) is 91.4 Å². The second-order valence-corrected chi connectivity index (χ2v) is 23.3. The molecule has 4 aromatic rings. The number of carbonyl (C=O) groups excluding carboxylic acids is 1. The summed E-state index contributed by atoms with van der Waals surface area (Å²) < 4.78 is 7.97. The van der Waals surface area contributed by atoms with Gasteiger partial charge in [-0.25, -0.2) is 4.98 Å². The summed E-state index contributed by atoms with van der Waals surface area (Å²) >= 11 is 0. The molecule has 6 saturated carbocycles. The number of hydrogen-bond acceptors (Lipinski definition) is 6. The van der Waals surface area contributed by atoms with Crippen LogP contribution in [0.3, 0.4) is 0 Å². The number of para-hydroxylation sites is 3. The number of allylic oxidation sites excluding steroid dienone is 2. The molecule has 6 aliphatic rings. The lowest BCUT2D eigenvalue weighted by atomic mass is 9.49. The summed E-state index contributed by atoms with van der Waals surface area (Å²) in [5, 5.41) is 32.4. The number of fused-ring (bicyclic) bond motifs is 4. The van der Waals surface area contributed by atoms with Crippen molar-refractivity contribution in [2.75, 3.05) is 19.8 Å². The fraction of sp³-hybridized carbons (Fsp3) is 0.667. The number of nitrogens with one attached hydrogen (secondary N) is 1. The van der Waals surface area contributed by atoms with E-state index in [1.165, 1.54) is 80.3 Å². The SMILES string of the molecule is C.C.C=C1CC[C@H]2[C@H](CO)[C@@H]([C@@]3(C)CC[C@H](C)C[C@@H]3COC(C)=O)CC[C@]12C.C=C1CC[C@H]2[C@H](Cn3ccc4ccccc43)[C@@H]([C@@]3(C)CC[C@H](O)C[C@@H]3CO)CC[C@]12C.c1ccc2[nH]cnc2c1. The molecule has 2 aromatic heterocycles. The molecule has 6 aliphatic carbocycles. The van der Waals surface area contributed by atoms with Gasteiger partial charge in [0.05, 0.1) is 30.1 Å². The Morgan fingerprint density at radius 1 is 0.750 bits per heavy atom. The molecule has 0 amide bonds. The van der Waals surface area contributed by atoms with Crippen molar-refractivity contribution in [3.63, 3.8) is 0 Å². The van der Waals surface area contributed by atoms with Crippen LogP contribution in [0, 0.1) is 74.9 Å². The van der Waals surface area contributed by atoms with E-state index in [0.717, 1.165) is 56.1 Å². The average molecular weight is 934 g/mol. The largest absolute Gasteiger partial charge is 0.466 e. The van der Waals surface area contributed by atoms with E-state index in [0.29, 0.717) is 54.0 Å². The van der Waals surface area contributed by atoms with Crippen molar-refractivity contribution in [1.29, 1.82) is 0 Å². The molecular formula is C60H91N3O5. The topological polar surface area (TPSA) is 121 Å². The number of aromatic amines is 1. The number of carbonyl (C=O) groups is 1. The molecule has 4 N–H and O–H groups in total. The quantitative estimate of drug-likeness (QED) is 0.103. The molecule has 14 atom stereocenters. The van der Waals surface area contributed by atoms with Crippen LogP contribution < -0.4 is 0 Å². The van der Waals surface area contributed by atoms with Gasteiger partial charge in [0.25, 0.3) is 0 Å². The van der Waals surface area contributed by atoms with E-state index in [1.54, 1.807) is 6.33 Å². The minimum absolute atomic E-state index is 0. The highest BCUT2D eigenvalue weighted by Crippen LogP contribution is 2.65. The predicted octanol–water partition coefficient (Wildman–Crippen LogP) is 13.6. The molecule has 68 heavy (non-hydrogen) atoms. The number of rotatable bonds is 8. The maximum Gasteiger partial charge on any atom is 0.302 e. The lowest BCUT2D eigenvalue weighted by Gasteiger charge is -2.56. The van der Waals surface area contributed by atoms with Gasteiger partial charge >= 0.3 is 5.97 Å². The minimum Gasteiger partial charge on any atom is -0.466 e. The van der Waals surface area contributed by atoms with Crippen LogP contribution in [-0.4, -0.2) is 61.7 Å². The van der Waals surface area contributed by atoms with Gasteiger partial charge in [-0.1, -0.05) is 111 Å². The van der Waals surface area contributed by atoms with Crippen LogP contribution in [0.25, 0.3) is 21.9 Å². The van der Waals surface area contributed by atoms with Gasteiger partial charge in [0.2, 0.25) is 0 Å². The Morgan fingerprint density at radius 2 is 1.35 bits per heavy atom. The summed E-state index contributed by atoms with van der Waals surface area (Å²) in [5.41, 5.74) is 7.02. The molecular weight excluding hydrogens is 843 g/mol. The molecule has 0 aliphatic heterocycles. The van der Waals surface area contributed by atoms with Gasteiger partial charge in [-0.05, 0) is 188 Å². The Kier molecular flexibility index (Phi) is 17.1. The first-order valence-corrected chi connectivity index (χ1v) is 25.9. The Morgan fingerprint density at radius 3 is 2.00 bits per heavy atom. The number of H-pyrrole nitrogens is 1. The second kappa shape index (κ2) is 21.7. The molecule has 0 radical (unpaired) electrons. The first kappa shape index (κ1) is 53.6. The number of aliphatic hydroxyl groups is 3. The molecule has 0 spiro atoms. The van der Waals surface area contributed by atoms with Gasteiger partial charge in [0.15, 0.2) is 0 Å². The van der Waals surface area contributed by atoms with Crippen LogP contribution in [0.4, 0.5) is 0 Å². The van der Waals surface area contributed by atoms with Crippen LogP contribution in [-0.2, 0) is 16.1 Å². The molecule has 6 fully saturated rings. The van der Waals surface area contributed by atoms with Crippen molar-refractivity contribution in [2.24, 2.45) is 74.9 Å². The molecule has 2 heterocycles. The maximum atomic E-state index is 11.4. The van der Waals surface area contributed by atoms with Crippen molar-refractivity contribution in [2.45, 2.75) is 159 Å².